The first-order valence-electron chi connectivity index (χ1n) is 4.44. The maximum atomic E-state index is 10.9. The highest BCUT2D eigenvalue weighted by Crippen LogP contribution is 2.01. The molecule has 6 heteroatoms. The van der Waals surface area contributed by atoms with Crippen LogP contribution in [-0.2, 0) is 14.5 Å². The van der Waals surface area contributed by atoms with Crippen LogP contribution in [0.15, 0.2) is 0 Å². The zero-order chi connectivity index (χ0) is 11.0. The van der Waals surface area contributed by atoms with Crippen molar-refractivity contribution in [3.05, 3.63) is 0 Å². The van der Waals surface area contributed by atoms with Gasteiger partial charge in [0.25, 0.3) is 0 Å². The second-order valence-corrected chi connectivity index (χ2v) is 2.95. The second kappa shape index (κ2) is 7.28. The molecule has 0 aliphatic heterocycles. The number of carbonyl (C=O) groups excluding carboxylic acids is 2. The van der Waals surface area contributed by atoms with Crippen molar-refractivity contribution in [2.75, 3.05) is 6.54 Å². The van der Waals surface area contributed by atoms with Crippen LogP contribution >= 0.6 is 0 Å². The summed E-state index contributed by atoms with van der Waals surface area (Å²) in [5, 5.41) is 10.5. The van der Waals surface area contributed by atoms with E-state index >= 15 is 0 Å². The molecule has 0 aromatic carbocycles. The fourth-order valence-electron chi connectivity index (χ4n) is 1.05. The van der Waals surface area contributed by atoms with Gasteiger partial charge in [-0.2, -0.15) is 5.26 Å². The van der Waals surface area contributed by atoms with Crippen molar-refractivity contribution < 1.29 is 19.7 Å². The normalized spacial score (nSPS) is 11.9. The molecule has 82 valence electrons. The Kier molecular flexibility index (Phi) is 6.69. The molecular formula is C8H16N2O4. The van der Waals surface area contributed by atoms with Crippen LogP contribution < -0.4 is 11.1 Å². The van der Waals surface area contributed by atoms with Crippen LogP contribution in [0.3, 0.4) is 0 Å². The molecule has 0 radical (unpaired) electrons. The van der Waals surface area contributed by atoms with Gasteiger partial charge in [0.2, 0.25) is 5.91 Å². The summed E-state index contributed by atoms with van der Waals surface area (Å²) in [6.07, 6.45) is 1.86. The van der Waals surface area contributed by atoms with E-state index in [0.717, 1.165) is 6.42 Å². The second-order valence-electron chi connectivity index (χ2n) is 2.95. The van der Waals surface area contributed by atoms with Gasteiger partial charge in [0.1, 0.15) is 6.04 Å². The molecule has 6 nitrogen and oxygen atoms in total. The summed E-state index contributed by atoms with van der Waals surface area (Å²) in [6.45, 7) is 1.82. The Balaban J connectivity index is 3.97. The number of carbonyl (C=O) groups is 2. The summed E-state index contributed by atoms with van der Waals surface area (Å²) in [5.74, 6) is -1.19. The lowest BCUT2D eigenvalue weighted by atomic mass is 10.1. The minimum atomic E-state index is -0.850. The Morgan fingerprint density at radius 3 is 2.57 bits per heavy atom. The minimum Gasteiger partial charge on any atom is -0.343 e. The molecule has 1 atom stereocenters. The lowest BCUT2D eigenvalue weighted by Gasteiger charge is -2.13. The molecule has 0 rings (SSSR count). The fraction of sp³-hybridized carbons (Fsp3) is 0.750. The van der Waals surface area contributed by atoms with Crippen molar-refractivity contribution in [2.24, 2.45) is 5.73 Å². The molecule has 0 aromatic heterocycles. The predicted molar refractivity (Wildman–Crippen MR) is 49.2 cm³/mol. The largest absolute Gasteiger partial charge is 0.364 e. The van der Waals surface area contributed by atoms with Crippen LogP contribution in [0.2, 0.25) is 0 Å². The minimum absolute atomic E-state index is 0.340. The van der Waals surface area contributed by atoms with E-state index in [1.54, 1.807) is 0 Å². The first-order chi connectivity index (χ1) is 6.61. The first kappa shape index (κ1) is 12.9. The Morgan fingerprint density at radius 1 is 1.50 bits per heavy atom. The molecule has 0 aliphatic rings. The number of nitrogens with one attached hydrogen (secondary N) is 1. The first-order valence-corrected chi connectivity index (χ1v) is 4.44. The highest BCUT2D eigenvalue weighted by atomic mass is 17.1. The molecule has 0 aromatic rings. The fourth-order valence-corrected chi connectivity index (χ4v) is 1.05. The maximum Gasteiger partial charge on any atom is 0.364 e. The molecule has 14 heavy (non-hydrogen) atoms. The zero-order valence-corrected chi connectivity index (χ0v) is 8.16. The molecule has 0 aliphatic carbocycles. The van der Waals surface area contributed by atoms with Crippen molar-refractivity contribution in [1.82, 2.24) is 5.32 Å². The number of hydrogen-bond donors (Lipinski definition) is 3. The highest BCUT2D eigenvalue weighted by Gasteiger charge is 2.20. The third kappa shape index (κ3) is 5.50. The predicted octanol–water partition coefficient (Wildman–Crippen LogP) is -0.364. The van der Waals surface area contributed by atoms with Crippen molar-refractivity contribution >= 4 is 11.9 Å². The summed E-state index contributed by atoms with van der Waals surface area (Å²) >= 11 is 0. The number of amides is 1. The monoisotopic (exact) mass is 204 g/mol. The number of rotatable bonds is 6. The topological polar surface area (TPSA) is 102 Å². The maximum absolute atomic E-state index is 10.9. The molecule has 4 N–H and O–H groups in total. The average Bonchev–Trinajstić information content (AvgIpc) is 2.15. The van der Waals surface area contributed by atoms with E-state index in [0.29, 0.717) is 19.4 Å². The van der Waals surface area contributed by atoms with E-state index in [1.165, 1.54) is 6.92 Å². The Bertz CT molecular complexity index is 196. The van der Waals surface area contributed by atoms with Crippen molar-refractivity contribution in [2.45, 2.75) is 32.2 Å². The molecule has 0 spiro atoms. The van der Waals surface area contributed by atoms with E-state index in [-0.39, 0.29) is 5.91 Å². The van der Waals surface area contributed by atoms with Gasteiger partial charge in [-0.05, 0) is 25.8 Å². The zero-order valence-electron chi connectivity index (χ0n) is 8.16. The lowest BCUT2D eigenvalue weighted by Crippen LogP contribution is -2.40. The van der Waals surface area contributed by atoms with Gasteiger partial charge in [0, 0.05) is 6.92 Å². The van der Waals surface area contributed by atoms with Crippen LogP contribution in [0, 0.1) is 0 Å². The van der Waals surface area contributed by atoms with Crippen LogP contribution in [-0.4, -0.2) is 29.7 Å². The van der Waals surface area contributed by atoms with Crippen molar-refractivity contribution in [1.29, 1.82) is 0 Å². The van der Waals surface area contributed by atoms with E-state index in [1.807, 2.05) is 0 Å². The highest BCUT2D eigenvalue weighted by molar-refractivity contribution is 5.82. The number of hydrogen-bond acceptors (Lipinski definition) is 5. The van der Waals surface area contributed by atoms with Crippen LogP contribution in [0.4, 0.5) is 0 Å². The smallest absolute Gasteiger partial charge is 0.343 e. The van der Waals surface area contributed by atoms with Gasteiger partial charge in [-0.1, -0.05) is 0 Å². The van der Waals surface area contributed by atoms with Crippen molar-refractivity contribution in [3.63, 3.8) is 0 Å². The summed E-state index contributed by atoms with van der Waals surface area (Å²) in [4.78, 5) is 25.2. The molecule has 0 bridgehead atoms. The molecule has 1 amide bonds. The van der Waals surface area contributed by atoms with Crippen LogP contribution in [0.1, 0.15) is 26.2 Å². The lowest BCUT2D eigenvalue weighted by molar-refractivity contribution is -0.236. The third-order valence-electron chi connectivity index (χ3n) is 1.70. The van der Waals surface area contributed by atoms with Gasteiger partial charge in [0.05, 0.1) is 0 Å². The van der Waals surface area contributed by atoms with E-state index in [4.69, 9.17) is 11.0 Å². The van der Waals surface area contributed by atoms with Gasteiger partial charge < -0.3 is 11.1 Å². The molecule has 0 heterocycles. The summed E-state index contributed by atoms with van der Waals surface area (Å²) in [7, 11) is 0. The summed E-state index contributed by atoms with van der Waals surface area (Å²) in [5.41, 5.74) is 5.27. The van der Waals surface area contributed by atoms with Gasteiger partial charge in [-0.15, -0.1) is 0 Å². The Labute approximate surface area is 82.3 Å². The van der Waals surface area contributed by atoms with Gasteiger partial charge in [-0.25, -0.2) is 4.79 Å². The van der Waals surface area contributed by atoms with E-state index in [9.17, 15) is 9.59 Å². The molecule has 0 unspecified atom stereocenters. The van der Waals surface area contributed by atoms with Gasteiger partial charge in [-0.3, -0.25) is 9.68 Å². The SMILES string of the molecule is CC(=O)N[C@@H](CCCCN)C(=O)OO. The molecule has 0 saturated heterocycles. The summed E-state index contributed by atoms with van der Waals surface area (Å²) < 4.78 is 0. The van der Waals surface area contributed by atoms with E-state index < -0.39 is 12.0 Å². The molecular weight excluding hydrogens is 188 g/mol. The third-order valence-corrected chi connectivity index (χ3v) is 1.70. The van der Waals surface area contributed by atoms with Crippen molar-refractivity contribution in [3.8, 4) is 0 Å². The average molecular weight is 204 g/mol. The summed E-state index contributed by atoms with van der Waals surface area (Å²) in [6, 6.07) is -0.788. The Morgan fingerprint density at radius 2 is 2.14 bits per heavy atom. The standard InChI is InChI=1S/C8H16N2O4/c1-6(11)10-7(8(12)14-13)4-2-3-5-9/h7,13H,2-5,9H2,1H3,(H,10,11)/t7-/m0/s1. The van der Waals surface area contributed by atoms with E-state index in [2.05, 4.69) is 10.2 Å². The number of nitrogens with two attached hydrogens (primary N) is 1. The molecule has 0 saturated carbocycles. The van der Waals surface area contributed by atoms with Crippen LogP contribution in [0.5, 0.6) is 0 Å². The molecule has 0 fully saturated rings. The Hall–Kier alpha value is -1.14. The number of unbranched alkanes of at least 4 members (excludes halogenated alkanes) is 1. The van der Waals surface area contributed by atoms with Gasteiger partial charge in [0.15, 0.2) is 0 Å². The van der Waals surface area contributed by atoms with Crippen LogP contribution in [0.25, 0.3) is 0 Å². The quantitative estimate of drug-likeness (QED) is 0.311. The van der Waals surface area contributed by atoms with Gasteiger partial charge >= 0.3 is 5.97 Å².